The summed E-state index contributed by atoms with van der Waals surface area (Å²) in [6.07, 6.45) is 0. The zero-order chi connectivity index (χ0) is 18.5. The van der Waals surface area contributed by atoms with Crippen molar-refractivity contribution in [1.82, 2.24) is 4.98 Å². The van der Waals surface area contributed by atoms with Gasteiger partial charge in [0.25, 0.3) is 11.8 Å². The van der Waals surface area contributed by atoms with E-state index in [9.17, 15) is 9.59 Å². The molecule has 0 saturated heterocycles. The molecule has 0 N–H and O–H groups in total. The number of para-hydroxylation sites is 2. The Morgan fingerprint density at radius 1 is 0.852 bits per heavy atom. The number of amides is 2. The maximum Gasteiger partial charge on any atom is 0.266 e. The average Bonchev–Trinajstić information content (AvgIpc) is 3.23. The number of fused-ring (bicyclic) bond motifs is 2. The van der Waals surface area contributed by atoms with Gasteiger partial charge in [0.1, 0.15) is 5.52 Å². The van der Waals surface area contributed by atoms with Crippen molar-refractivity contribution in [1.29, 1.82) is 0 Å². The minimum Gasteiger partial charge on any atom is -0.436 e. The molecule has 2 amide bonds. The van der Waals surface area contributed by atoms with E-state index in [4.69, 9.17) is 16.0 Å². The summed E-state index contributed by atoms with van der Waals surface area (Å²) in [5.41, 5.74) is 3.05. The molecule has 130 valence electrons. The van der Waals surface area contributed by atoms with Crippen molar-refractivity contribution in [2.45, 2.75) is 0 Å². The highest BCUT2D eigenvalue weighted by Crippen LogP contribution is 2.36. The summed E-state index contributed by atoms with van der Waals surface area (Å²) >= 11 is 6.32. The molecule has 0 aliphatic carbocycles. The molecule has 0 fully saturated rings. The maximum absolute atomic E-state index is 12.8. The molecule has 3 aromatic carbocycles. The molecule has 4 aromatic rings. The second-order valence-electron chi connectivity index (χ2n) is 6.14. The first-order valence-corrected chi connectivity index (χ1v) is 8.64. The highest BCUT2D eigenvalue weighted by molar-refractivity contribution is 6.39. The summed E-state index contributed by atoms with van der Waals surface area (Å²) < 4.78 is 5.78. The number of anilines is 1. The van der Waals surface area contributed by atoms with Crippen molar-refractivity contribution in [2.75, 3.05) is 4.90 Å². The molecule has 5 rings (SSSR count). The van der Waals surface area contributed by atoms with E-state index >= 15 is 0 Å². The number of carbonyl (C=O) groups is 2. The molecule has 2 heterocycles. The summed E-state index contributed by atoms with van der Waals surface area (Å²) in [4.78, 5) is 31.1. The van der Waals surface area contributed by atoms with Gasteiger partial charge >= 0.3 is 0 Å². The van der Waals surface area contributed by atoms with E-state index < -0.39 is 11.8 Å². The number of halogens is 1. The number of aromatic nitrogens is 1. The van der Waals surface area contributed by atoms with Crippen LogP contribution in [0.3, 0.4) is 0 Å². The Balaban J connectivity index is 1.63. The quantitative estimate of drug-likeness (QED) is 0.466. The van der Waals surface area contributed by atoms with Gasteiger partial charge in [0, 0.05) is 5.56 Å². The fraction of sp³-hybridized carbons (Fsp3) is 0. The van der Waals surface area contributed by atoms with Gasteiger partial charge in [-0.1, -0.05) is 35.9 Å². The Hall–Kier alpha value is -3.44. The number of hydrogen-bond acceptors (Lipinski definition) is 4. The monoisotopic (exact) mass is 374 g/mol. The fourth-order valence-electron chi connectivity index (χ4n) is 3.22. The molecule has 1 aliphatic rings. The van der Waals surface area contributed by atoms with Crippen LogP contribution in [0.4, 0.5) is 5.69 Å². The minimum atomic E-state index is -0.396. The summed E-state index contributed by atoms with van der Waals surface area (Å²) in [5, 5.41) is 0.296. The van der Waals surface area contributed by atoms with Crippen molar-refractivity contribution in [3.8, 4) is 11.5 Å². The molecule has 1 aliphatic heterocycles. The molecule has 6 heteroatoms. The van der Waals surface area contributed by atoms with E-state index in [0.717, 1.165) is 10.4 Å². The topological polar surface area (TPSA) is 63.4 Å². The number of benzene rings is 3. The molecular formula is C21H11ClN2O3. The third-order valence-electron chi connectivity index (χ3n) is 4.52. The van der Waals surface area contributed by atoms with Crippen LogP contribution in [-0.4, -0.2) is 16.8 Å². The Morgan fingerprint density at radius 2 is 1.52 bits per heavy atom. The summed E-state index contributed by atoms with van der Waals surface area (Å²) in [5.74, 6) is -0.398. The number of hydrogen-bond donors (Lipinski definition) is 0. The molecule has 5 nitrogen and oxygen atoms in total. The van der Waals surface area contributed by atoms with E-state index in [1.165, 1.54) is 0 Å². The molecule has 1 aromatic heterocycles. The summed E-state index contributed by atoms with van der Waals surface area (Å²) in [6, 6.07) is 19.2. The number of oxazole rings is 1. The van der Waals surface area contributed by atoms with E-state index in [-0.39, 0.29) is 0 Å². The lowest BCUT2D eigenvalue weighted by molar-refractivity contribution is 0.0926. The zero-order valence-corrected chi connectivity index (χ0v) is 14.6. The first-order valence-electron chi connectivity index (χ1n) is 8.27. The molecule has 0 radical (unpaired) electrons. The lowest BCUT2D eigenvalue weighted by Crippen LogP contribution is -2.29. The minimum absolute atomic E-state index is 0.296. The van der Waals surface area contributed by atoms with E-state index in [2.05, 4.69) is 4.98 Å². The predicted molar refractivity (Wildman–Crippen MR) is 102 cm³/mol. The van der Waals surface area contributed by atoms with Gasteiger partial charge < -0.3 is 4.42 Å². The van der Waals surface area contributed by atoms with Crippen LogP contribution in [0.15, 0.2) is 71.1 Å². The smallest absolute Gasteiger partial charge is 0.266 e. The molecule has 0 saturated carbocycles. The third-order valence-corrected chi connectivity index (χ3v) is 4.84. The van der Waals surface area contributed by atoms with Gasteiger partial charge in [0.05, 0.1) is 21.8 Å². The van der Waals surface area contributed by atoms with Gasteiger partial charge in [-0.2, -0.15) is 0 Å². The Kier molecular flexibility index (Phi) is 3.39. The standard InChI is InChI=1S/C21H11ClN2O3/c22-15-10-9-12(19-23-16-7-3-4-8-18(16)27-19)11-17(15)24-20(25)13-5-1-2-6-14(13)21(24)26/h1-11H. The van der Waals surface area contributed by atoms with Crippen molar-refractivity contribution in [2.24, 2.45) is 0 Å². The zero-order valence-electron chi connectivity index (χ0n) is 13.8. The van der Waals surface area contributed by atoms with Crippen molar-refractivity contribution < 1.29 is 14.0 Å². The van der Waals surface area contributed by atoms with Crippen LogP contribution >= 0.6 is 11.6 Å². The van der Waals surface area contributed by atoms with Crippen molar-refractivity contribution >= 4 is 40.2 Å². The first-order chi connectivity index (χ1) is 13.1. The Labute approximate surface area is 158 Å². The number of carbonyl (C=O) groups excluding carboxylic acids is 2. The van der Waals surface area contributed by atoms with Crippen LogP contribution < -0.4 is 4.90 Å². The number of imide groups is 1. The van der Waals surface area contributed by atoms with Crippen molar-refractivity contribution in [3.05, 3.63) is 82.9 Å². The highest BCUT2D eigenvalue weighted by atomic mass is 35.5. The van der Waals surface area contributed by atoms with Gasteiger partial charge in [0.15, 0.2) is 5.58 Å². The SMILES string of the molecule is O=C1c2ccccc2C(=O)N1c1cc(-c2nc3ccccc3o2)ccc1Cl. The van der Waals surface area contributed by atoms with Gasteiger partial charge in [-0.05, 0) is 42.5 Å². The summed E-state index contributed by atoms with van der Waals surface area (Å²) in [7, 11) is 0. The van der Waals surface area contributed by atoms with Crippen LogP contribution in [0.1, 0.15) is 20.7 Å². The average molecular weight is 375 g/mol. The molecule has 0 unspecified atom stereocenters. The molecule has 0 spiro atoms. The second-order valence-corrected chi connectivity index (χ2v) is 6.55. The molecule has 27 heavy (non-hydrogen) atoms. The largest absolute Gasteiger partial charge is 0.436 e. The molecular weight excluding hydrogens is 364 g/mol. The lowest BCUT2D eigenvalue weighted by atomic mass is 10.1. The van der Waals surface area contributed by atoms with Gasteiger partial charge in [-0.25, -0.2) is 9.88 Å². The van der Waals surface area contributed by atoms with E-state index in [0.29, 0.717) is 38.9 Å². The molecule has 0 atom stereocenters. The maximum atomic E-state index is 12.8. The third kappa shape index (κ3) is 2.36. The Bertz CT molecular complexity index is 1180. The van der Waals surface area contributed by atoms with Crippen LogP contribution in [-0.2, 0) is 0 Å². The highest BCUT2D eigenvalue weighted by Gasteiger charge is 2.37. The van der Waals surface area contributed by atoms with Gasteiger partial charge in [-0.3, -0.25) is 9.59 Å². The fourth-order valence-corrected chi connectivity index (χ4v) is 3.42. The normalized spacial score (nSPS) is 13.4. The number of rotatable bonds is 2. The van der Waals surface area contributed by atoms with Crippen LogP contribution in [0.5, 0.6) is 0 Å². The van der Waals surface area contributed by atoms with E-state index in [1.54, 1.807) is 42.5 Å². The van der Waals surface area contributed by atoms with Gasteiger partial charge in [0.2, 0.25) is 5.89 Å². The van der Waals surface area contributed by atoms with Crippen LogP contribution in [0.2, 0.25) is 5.02 Å². The van der Waals surface area contributed by atoms with Crippen LogP contribution in [0, 0.1) is 0 Å². The first kappa shape index (κ1) is 15.8. The van der Waals surface area contributed by atoms with Crippen LogP contribution in [0.25, 0.3) is 22.6 Å². The Morgan fingerprint density at radius 3 is 2.22 bits per heavy atom. The van der Waals surface area contributed by atoms with Crippen molar-refractivity contribution in [3.63, 3.8) is 0 Å². The number of nitrogens with zero attached hydrogens (tertiary/aromatic N) is 2. The summed E-state index contributed by atoms with van der Waals surface area (Å²) in [6.45, 7) is 0. The van der Waals surface area contributed by atoms with Gasteiger partial charge in [-0.15, -0.1) is 0 Å². The molecule has 0 bridgehead atoms. The lowest BCUT2D eigenvalue weighted by Gasteiger charge is -2.16. The predicted octanol–water partition coefficient (Wildman–Crippen LogP) is 4.95. The second kappa shape index (κ2) is 5.79. The van der Waals surface area contributed by atoms with E-state index in [1.807, 2.05) is 24.3 Å².